The van der Waals surface area contributed by atoms with Gasteiger partial charge in [-0.05, 0) is 44.4 Å². The van der Waals surface area contributed by atoms with E-state index >= 15 is 0 Å². The highest BCUT2D eigenvalue weighted by Crippen LogP contribution is 2.19. The van der Waals surface area contributed by atoms with E-state index in [0.717, 1.165) is 30.3 Å². The lowest BCUT2D eigenvalue weighted by Crippen LogP contribution is -2.31. The number of aromatic nitrogens is 2. The van der Waals surface area contributed by atoms with Crippen molar-refractivity contribution >= 4 is 23.4 Å². The van der Waals surface area contributed by atoms with Gasteiger partial charge in [-0.15, -0.1) is 0 Å². The highest BCUT2D eigenvalue weighted by atomic mass is 16.1. The van der Waals surface area contributed by atoms with Crippen molar-refractivity contribution in [2.45, 2.75) is 26.2 Å². The van der Waals surface area contributed by atoms with Gasteiger partial charge in [0, 0.05) is 63.3 Å². The van der Waals surface area contributed by atoms with E-state index in [-0.39, 0.29) is 5.91 Å². The predicted octanol–water partition coefficient (Wildman–Crippen LogP) is 2.68. The summed E-state index contributed by atoms with van der Waals surface area (Å²) in [7, 11) is 3.92. The molecule has 0 aliphatic carbocycles. The molecule has 28 heavy (non-hydrogen) atoms. The minimum atomic E-state index is -0.0790. The summed E-state index contributed by atoms with van der Waals surface area (Å²) in [5.41, 5.74) is 2.61. The van der Waals surface area contributed by atoms with Gasteiger partial charge in [-0.1, -0.05) is 6.07 Å². The fourth-order valence-corrected chi connectivity index (χ4v) is 3.29. The van der Waals surface area contributed by atoms with Crippen LogP contribution in [0.5, 0.6) is 0 Å². The molecule has 7 nitrogen and oxygen atoms in total. The molecule has 2 heterocycles. The first kappa shape index (κ1) is 19.9. The van der Waals surface area contributed by atoms with E-state index in [4.69, 9.17) is 0 Å². The second-order valence-corrected chi connectivity index (χ2v) is 7.37. The molecule has 0 radical (unpaired) electrons. The van der Waals surface area contributed by atoms with Crippen LogP contribution < -0.4 is 20.4 Å². The quantitative estimate of drug-likeness (QED) is 0.718. The zero-order chi connectivity index (χ0) is 19.9. The molecular weight excluding hydrogens is 352 g/mol. The number of nitrogens with zero attached hydrogens (tertiary/aromatic N) is 4. The number of anilines is 3. The Morgan fingerprint density at radius 1 is 1.11 bits per heavy atom. The maximum Gasteiger partial charge on any atom is 0.251 e. The third kappa shape index (κ3) is 5.34. The molecule has 3 rings (SSSR count). The van der Waals surface area contributed by atoms with Crippen molar-refractivity contribution in [2.75, 3.05) is 55.4 Å². The number of rotatable bonds is 7. The van der Waals surface area contributed by atoms with E-state index in [1.165, 1.54) is 19.3 Å². The van der Waals surface area contributed by atoms with Crippen LogP contribution in [0.1, 0.15) is 35.3 Å². The normalized spacial score (nSPS) is 13.9. The molecule has 0 unspecified atom stereocenters. The highest BCUT2D eigenvalue weighted by Gasteiger charge is 2.14. The Morgan fingerprint density at radius 3 is 2.64 bits per heavy atom. The molecule has 1 aliphatic rings. The molecule has 2 aromatic rings. The smallest absolute Gasteiger partial charge is 0.251 e. The molecule has 1 amide bonds. The van der Waals surface area contributed by atoms with Crippen molar-refractivity contribution in [3.63, 3.8) is 0 Å². The number of amides is 1. The first-order chi connectivity index (χ1) is 13.5. The van der Waals surface area contributed by atoms with Gasteiger partial charge in [-0.3, -0.25) is 4.79 Å². The first-order valence-corrected chi connectivity index (χ1v) is 9.93. The average Bonchev–Trinajstić information content (AvgIpc) is 2.71. The van der Waals surface area contributed by atoms with Gasteiger partial charge < -0.3 is 20.4 Å². The minimum Gasteiger partial charge on any atom is -0.378 e. The molecule has 1 aromatic carbocycles. The van der Waals surface area contributed by atoms with Crippen LogP contribution in [0.25, 0.3) is 0 Å². The zero-order valence-electron chi connectivity index (χ0n) is 17.0. The van der Waals surface area contributed by atoms with Crippen molar-refractivity contribution in [3.05, 3.63) is 41.6 Å². The maximum atomic E-state index is 12.4. The van der Waals surface area contributed by atoms with Crippen molar-refractivity contribution < 1.29 is 4.79 Å². The van der Waals surface area contributed by atoms with E-state index in [1.54, 1.807) is 0 Å². The van der Waals surface area contributed by atoms with Crippen molar-refractivity contribution in [1.82, 2.24) is 15.3 Å². The van der Waals surface area contributed by atoms with Crippen LogP contribution in [0.2, 0.25) is 0 Å². The van der Waals surface area contributed by atoms with Crippen molar-refractivity contribution in [2.24, 2.45) is 0 Å². The topological polar surface area (TPSA) is 73.4 Å². The maximum absolute atomic E-state index is 12.4. The van der Waals surface area contributed by atoms with Gasteiger partial charge in [0.1, 0.15) is 5.82 Å². The molecule has 0 spiro atoms. The van der Waals surface area contributed by atoms with Gasteiger partial charge in [0.25, 0.3) is 5.91 Å². The van der Waals surface area contributed by atoms with E-state index in [9.17, 15) is 4.79 Å². The number of carbonyl (C=O) groups is 1. The molecule has 0 atom stereocenters. The highest BCUT2D eigenvalue weighted by molar-refractivity contribution is 5.95. The Kier molecular flexibility index (Phi) is 6.68. The van der Waals surface area contributed by atoms with E-state index in [2.05, 4.69) is 25.5 Å². The molecule has 150 valence electrons. The van der Waals surface area contributed by atoms with Gasteiger partial charge in [-0.25, -0.2) is 4.98 Å². The Hall–Kier alpha value is -2.83. The molecular formula is C21H30N6O. The zero-order valence-corrected chi connectivity index (χ0v) is 17.0. The van der Waals surface area contributed by atoms with E-state index in [0.29, 0.717) is 24.6 Å². The summed E-state index contributed by atoms with van der Waals surface area (Å²) < 4.78 is 0. The van der Waals surface area contributed by atoms with Crippen molar-refractivity contribution in [1.29, 1.82) is 0 Å². The lowest BCUT2D eigenvalue weighted by molar-refractivity contribution is 0.0955. The van der Waals surface area contributed by atoms with Crippen molar-refractivity contribution in [3.8, 4) is 0 Å². The van der Waals surface area contributed by atoms with E-state index in [1.807, 2.05) is 56.3 Å². The summed E-state index contributed by atoms with van der Waals surface area (Å²) in [5, 5.41) is 6.17. The lowest BCUT2D eigenvalue weighted by atomic mass is 10.1. The standard InChI is InChI=1S/C21H30N6O/c1-16-14-19(27-12-5-4-6-13-27)25-21(24-16)23-11-10-22-20(28)17-8-7-9-18(15-17)26(2)3/h7-9,14-15H,4-6,10-13H2,1-3H3,(H,22,28)(H,23,24,25). The summed E-state index contributed by atoms with van der Waals surface area (Å²) >= 11 is 0. The van der Waals surface area contributed by atoms with Gasteiger partial charge in [0.05, 0.1) is 0 Å². The fraction of sp³-hybridized carbons (Fsp3) is 0.476. The molecule has 7 heteroatoms. The molecule has 2 N–H and O–H groups in total. The fourth-order valence-electron chi connectivity index (χ4n) is 3.29. The molecule has 0 saturated carbocycles. The summed E-state index contributed by atoms with van der Waals surface area (Å²) in [6.07, 6.45) is 3.72. The summed E-state index contributed by atoms with van der Waals surface area (Å²) in [4.78, 5) is 25.8. The van der Waals surface area contributed by atoms with Gasteiger partial charge >= 0.3 is 0 Å². The third-order valence-corrected chi connectivity index (χ3v) is 4.84. The summed E-state index contributed by atoms with van der Waals surface area (Å²) in [6, 6.07) is 9.62. The number of aryl methyl sites for hydroxylation is 1. The van der Waals surface area contributed by atoms with Crippen LogP contribution in [0, 0.1) is 6.92 Å². The molecule has 1 fully saturated rings. The average molecular weight is 383 g/mol. The monoisotopic (exact) mass is 382 g/mol. The number of hydrogen-bond acceptors (Lipinski definition) is 6. The van der Waals surface area contributed by atoms with Crippen LogP contribution in [0.15, 0.2) is 30.3 Å². The SMILES string of the molecule is Cc1cc(N2CCCCC2)nc(NCCNC(=O)c2cccc(N(C)C)c2)n1. The van der Waals surface area contributed by atoms with Crippen LogP contribution >= 0.6 is 0 Å². The minimum absolute atomic E-state index is 0.0790. The number of benzene rings is 1. The Labute approximate surface area is 167 Å². The van der Waals surface area contributed by atoms with Crippen LogP contribution in [-0.2, 0) is 0 Å². The second-order valence-electron chi connectivity index (χ2n) is 7.37. The largest absolute Gasteiger partial charge is 0.378 e. The number of nitrogens with one attached hydrogen (secondary N) is 2. The lowest BCUT2D eigenvalue weighted by Gasteiger charge is -2.28. The Bertz CT molecular complexity index is 801. The van der Waals surface area contributed by atoms with E-state index < -0.39 is 0 Å². The van der Waals surface area contributed by atoms with Crippen LogP contribution in [-0.4, -0.2) is 56.1 Å². The third-order valence-electron chi connectivity index (χ3n) is 4.84. The van der Waals surface area contributed by atoms with Crippen LogP contribution in [0.3, 0.4) is 0 Å². The Balaban J connectivity index is 1.51. The second kappa shape index (κ2) is 9.39. The summed E-state index contributed by atoms with van der Waals surface area (Å²) in [5.74, 6) is 1.52. The van der Waals surface area contributed by atoms with Gasteiger partial charge in [0.2, 0.25) is 5.95 Å². The molecule has 1 saturated heterocycles. The number of carbonyl (C=O) groups excluding carboxylic acids is 1. The van der Waals surface area contributed by atoms with Gasteiger partial charge in [0.15, 0.2) is 0 Å². The first-order valence-electron chi connectivity index (χ1n) is 9.93. The predicted molar refractivity (Wildman–Crippen MR) is 114 cm³/mol. The molecule has 0 bridgehead atoms. The van der Waals surface area contributed by atoms with Gasteiger partial charge in [-0.2, -0.15) is 4.98 Å². The Morgan fingerprint density at radius 2 is 1.89 bits per heavy atom. The number of hydrogen-bond donors (Lipinski definition) is 2. The summed E-state index contributed by atoms with van der Waals surface area (Å²) in [6.45, 7) is 5.17. The van der Waals surface area contributed by atoms with Crippen LogP contribution in [0.4, 0.5) is 17.5 Å². The number of piperidine rings is 1. The molecule has 1 aromatic heterocycles. The molecule has 1 aliphatic heterocycles.